The molecule has 5 nitrogen and oxygen atoms in total. The van der Waals surface area contributed by atoms with Gasteiger partial charge in [0.05, 0.1) is 12.1 Å². The molecular formula is C14H23N3O2. The van der Waals surface area contributed by atoms with Crippen LogP contribution in [0.4, 0.5) is 0 Å². The summed E-state index contributed by atoms with van der Waals surface area (Å²) in [7, 11) is 0. The van der Waals surface area contributed by atoms with E-state index in [1.165, 1.54) is 6.42 Å². The molecule has 2 atom stereocenters. The van der Waals surface area contributed by atoms with Crippen molar-refractivity contribution in [3.63, 3.8) is 0 Å². The quantitative estimate of drug-likeness (QED) is 0.844. The maximum Gasteiger partial charge on any atom is 0.222 e. The van der Waals surface area contributed by atoms with Gasteiger partial charge >= 0.3 is 0 Å². The normalized spacial score (nSPS) is 27.2. The molecule has 106 valence electrons. The van der Waals surface area contributed by atoms with E-state index >= 15 is 0 Å². The molecule has 1 aromatic rings. The van der Waals surface area contributed by atoms with Crippen molar-refractivity contribution >= 4 is 5.91 Å². The van der Waals surface area contributed by atoms with E-state index in [1.807, 2.05) is 12.3 Å². The van der Waals surface area contributed by atoms with Gasteiger partial charge in [-0.1, -0.05) is 19.8 Å². The Hall–Kier alpha value is -1.36. The fourth-order valence-electron chi connectivity index (χ4n) is 2.96. The van der Waals surface area contributed by atoms with Crippen LogP contribution < -0.4 is 5.32 Å². The van der Waals surface area contributed by atoms with E-state index in [9.17, 15) is 9.90 Å². The van der Waals surface area contributed by atoms with Crippen LogP contribution in [0.3, 0.4) is 0 Å². The molecular weight excluding hydrogens is 242 g/mol. The van der Waals surface area contributed by atoms with Crippen molar-refractivity contribution in [2.75, 3.05) is 6.61 Å². The highest BCUT2D eigenvalue weighted by atomic mass is 16.3. The third-order valence-corrected chi connectivity index (χ3v) is 3.93. The Morgan fingerprint density at radius 3 is 3.11 bits per heavy atom. The van der Waals surface area contributed by atoms with Crippen LogP contribution in [0.15, 0.2) is 18.5 Å². The van der Waals surface area contributed by atoms with E-state index in [2.05, 4.69) is 17.3 Å². The van der Waals surface area contributed by atoms with Gasteiger partial charge in [0, 0.05) is 25.4 Å². The monoisotopic (exact) mass is 265 g/mol. The van der Waals surface area contributed by atoms with Crippen molar-refractivity contribution in [3.05, 3.63) is 18.5 Å². The molecule has 19 heavy (non-hydrogen) atoms. The Bertz CT molecular complexity index is 405. The van der Waals surface area contributed by atoms with Crippen LogP contribution in [0.25, 0.3) is 0 Å². The van der Waals surface area contributed by atoms with Crippen LogP contribution in [0.2, 0.25) is 0 Å². The van der Waals surface area contributed by atoms with Gasteiger partial charge in [0.2, 0.25) is 5.91 Å². The second-order valence-corrected chi connectivity index (χ2v) is 5.71. The molecule has 0 aliphatic heterocycles. The predicted molar refractivity (Wildman–Crippen MR) is 72.4 cm³/mol. The second-order valence-electron chi connectivity index (χ2n) is 5.71. The minimum Gasteiger partial charge on any atom is -0.394 e. The topological polar surface area (TPSA) is 67.2 Å². The van der Waals surface area contributed by atoms with Crippen molar-refractivity contribution in [1.29, 1.82) is 0 Å². The molecule has 2 rings (SSSR count). The molecule has 5 heteroatoms. The number of carbonyl (C=O) groups excluding carboxylic acids is 1. The highest BCUT2D eigenvalue weighted by Crippen LogP contribution is 2.31. The summed E-state index contributed by atoms with van der Waals surface area (Å²) in [6.07, 6.45) is 7.95. The van der Waals surface area contributed by atoms with Crippen LogP contribution in [0, 0.1) is 5.92 Å². The Balaban J connectivity index is 1.85. The third kappa shape index (κ3) is 3.80. The summed E-state index contributed by atoms with van der Waals surface area (Å²) in [4.78, 5) is 12.0. The summed E-state index contributed by atoms with van der Waals surface area (Å²) in [5.74, 6) is 0.561. The molecule has 1 aliphatic rings. The number of hydrogen-bond donors (Lipinski definition) is 2. The summed E-state index contributed by atoms with van der Waals surface area (Å²) in [6.45, 7) is 2.79. The van der Waals surface area contributed by atoms with Crippen LogP contribution >= 0.6 is 0 Å². The summed E-state index contributed by atoms with van der Waals surface area (Å²) in [6, 6.07) is 1.84. The number of aliphatic hydroxyl groups is 1. The molecule has 2 N–H and O–H groups in total. The van der Waals surface area contributed by atoms with Gasteiger partial charge in [0.25, 0.3) is 0 Å². The predicted octanol–water partition coefficient (Wildman–Crippen LogP) is 1.33. The first kappa shape index (κ1) is 14.1. The van der Waals surface area contributed by atoms with Crippen LogP contribution in [-0.2, 0) is 11.3 Å². The van der Waals surface area contributed by atoms with E-state index in [1.54, 1.807) is 10.9 Å². The number of nitrogens with zero attached hydrogens (tertiary/aromatic N) is 2. The Kier molecular flexibility index (Phi) is 4.58. The Labute approximate surface area is 114 Å². The lowest BCUT2D eigenvalue weighted by molar-refractivity contribution is -0.124. The number of carbonyl (C=O) groups is 1. The maximum atomic E-state index is 12.0. The van der Waals surface area contributed by atoms with Crippen LogP contribution in [0.5, 0.6) is 0 Å². The number of hydrogen-bond acceptors (Lipinski definition) is 3. The molecule has 1 aromatic heterocycles. The number of aliphatic hydroxyl groups excluding tert-OH is 1. The second kappa shape index (κ2) is 6.19. The zero-order chi connectivity index (χ0) is 13.7. The van der Waals surface area contributed by atoms with E-state index in [-0.39, 0.29) is 12.5 Å². The molecule has 0 radical (unpaired) electrons. The highest BCUT2D eigenvalue weighted by molar-refractivity contribution is 5.76. The van der Waals surface area contributed by atoms with Gasteiger partial charge in [-0.05, 0) is 24.8 Å². The molecule has 1 amide bonds. The fraction of sp³-hybridized carbons (Fsp3) is 0.714. The van der Waals surface area contributed by atoms with Gasteiger partial charge in [0.15, 0.2) is 0 Å². The first-order valence-corrected chi connectivity index (χ1v) is 7.03. The summed E-state index contributed by atoms with van der Waals surface area (Å²) >= 11 is 0. The number of aromatic nitrogens is 2. The molecule has 0 spiro atoms. The molecule has 2 unspecified atom stereocenters. The standard InChI is InChI=1S/C14H23N3O2/c1-12-4-2-6-14(10-12,11-18)16-13(19)5-9-17-8-3-7-15-17/h3,7-8,12,18H,2,4-6,9-11H2,1H3,(H,16,19). The van der Waals surface area contributed by atoms with E-state index in [0.717, 1.165) is 19.3 Å². The number of amides is 1. The number of nitrogens with one attached hydrogen (secondary N) is 1. The molecule has 0 aromatic carbocycles. The summed E-state index contributed by atoms with van der Waals surface area (Å²) in [5, 5.41) is 16.7. The van der Waals surface area contributed by atoms with Crippen LogP contribution in [-0.4, -0.2) is 32.9 Å². The average molecular weight is 265 g/mol. The third-order valence-electron chi connectivity index (χ3n) is 3.93. The molecule has 1 saturated carbocycles. The Morgan fingerprint density at radius 2 is 2.47 bits per heavy atom. The van der Waals surface area contributed by atoms with Gasteiger partial charge in [-0.3, -0.25) is 9.48 Å². The first-order chi connectivity index (χ1) is 9.13. The van der Waals surface area contributed by atoms with Gasteiger partial charge < -0.3 is 10.4 Å². The molecule has 1 heterocycles. The van der Waals surface area contributed by atoms with Crippen molar-refractivity contribution in [2.45, 2.75) is 51.1 Å². The highest BCUT2D eigenvalue weighted by Gasteiger charge is 2.35. The smallest absolute Gasteiger partial charge is 0.222 e. The van der Waals surface area contributed by atoms with E-state index in [4.69, 9.17) is 0 Å². The van der Waals surface area contributed by atoms with Gasteiger partial charge in [-0.15, -0.1) is 0 Å². The lowest BCUT2D eigenvalue weighted by atomic mass is 9.77. The molecule has 0 bridgehead atoms. The SMILES string of the molecule is CC1CCCC(CO)(NC(=O)CCn2cccn2)C1. The Morgan fingerprint density at radius 1 is 1.63 bits per heavy atom. The minimum absolute atomic E-state index is 0.00125. The zero-order valence-corrected chi connectivity index (χ0v) is 11.5. The van der Waals surface area contributed by atoms with Gasteiger partial charge in [-0.25, -0.2) is 0 Å². The van der Waals surface area contributed by atoms with Crippen LogP contribution in [0.1, 0.15) is 39.0 Å². The van der Waals surface area contributed by atoms with Crippen molar-refractivity contribution in [1.82, 2.24) is 15.1 Å². The number of rotatable bonds is 5. The lowest BCUT2D eigenvalue weighted by Crippen LogP contribution is -2.54. The maximum absolute atomic E-state index is 12.0. The molecule has 1 aliphatic carbocycles. The first-order valence-electron chi connectivity index (χ1n) is 7.03. The van der Waals surface area contributed by atoms with E-state index in [0.29, 0.717) is 18.9 Å². The van der Waals surface area contributed by atoms with Crippen molar-refractivity contribution < 1.29 is 9.90 Å². The van der Waals surface area contributed by atoms with Gasteiger partial charge in [-0.2, -0.15) is 5.10 Å². The fourth-order valence-corrected chi connectivity index (χ4v) is 2.96. The molecule has 0 saturated heterocycles. The van der Waals surface area contributed by atoms with Gasteiger partial charge in [0.1, 0.15) is 0 Å². The zero-order valence-electron chi connectivity index (χ0n) is 11.5. The average Bonchev–Trinajstić information content (AvgIpc) is 2.89. The lowest BCUT2D eigenvalue weighted by Gasteiger charge is -2.39. The minimum atomic E-state index is -0.404. The van der Waals surface area contributed by atoms with E-state index < -0.39 is 5.54 Å². The van der Waals surface area contributed by atoms with Crippen molar-refractivity contribution in [2.24, 2.45) is 5.92 Å². The summed E-state index contributed by atoms with van der Waals surface area (Å²) < 4.78 is 1.74. The van der Waals surface area contributed by atoms with Crippen molar-refractivity contribution in [3.8, 4) is 0 Å². The summed E-state index contributed by atoms with van der Waals surface area (Å²) in [5.41, 5.74) is -0.404. The largest absolute Gasteiger partial charge is 0.394 e. The molecule has 1 fully saturated rings. The number of aryl methyl sites for hydroxylation is 1.